The van der Waals surface area contributed by atoms with Crippen LogP contribution in [0.5, 0.6) is 0 Å². The second-order valence-electron chi connectivity index (χ2n) is 4.29. The molecule has 5 heteroatoms. The smallest absolute Gasteiger partial charge is 0.222 e. The van der Waals surface area contributed by atoms with E-state index in [-0.39, 0.29) is 5.95 Å². The van der Waals surface area contributed by atoms with Gasteiger partial charge in [-0.2, -0.15) is 4.98 Å². The Balaban J connectivity index is 1.96. The fourth-order valence-corrected chi connectivity index (χ4v) is 1.94. The molecule has 0 radical (unpaired) electrons. The number of rotatable bonds is 2. The summed E-state index contributed by atoms with van der Waals surface area (Å²) in [5.74, 6) is 0.929. The van der Waals surface area contributed by atoms with Crippen molar-refractivity contribution >= 4 is 28.4 Å². The Labute approximate surface area is 110 Å². The average molecular weight is 251 g/mol. The summed E-state index contributed by atoms with van der Waals surface area (Å²) in [5, 5.41) is 4.26. The second kappa shape index (κ2) is 4.53. The molecule has 1 aromatic carbocycles. The lowest BCUT2D eigenvalue weighted by molar-refractivity contribution is 1.12. The molecule has 0 atom stereocenters. The second-order valence-corrected chi connectivity index (χ2v) is 4.29. The summed E-state index contributed by atoms with van der Waals surface area (Å²) in [4.78, 5) is 12.6. The van der Waals surface area contributed by atoms with Gasteiger partial charge in [-0.25, -0.2) is 4.98 Å². The topological polar surface area (TPSA) is 76.7 Å². The van der Waals surface area contributed by atoms with E-state index in [4.69, 9.17) is 5.73 Å². The number of nitrogens with one attached hydrogen (secondary N) is 1. The molecule has 5 nitrogen and oxygen atoms in total. The van der Waals surface area contributed by atoms with Gasteiger partial charge in [-0.15, -0.1) is 0 Å². The molecule has 3 N–H and O–H groups in total. The number of nitrogens with zero attached hydrogens (tertiary/aromatic N) is 3. The van der Waals surface area contributed by atoms with Crippen molar-refractivity contribution in [3.8, 4) is 0 Å². The fraction of sp³-hybridized carbons (Fsp3) is 0.0714. The SMILES string of the molecule is Cc1cc(Nc2cnc3ccccc3c2)nc(N)n1. The number of fused-ring (bicyclic) bond motifs is 1. The van der Waals surface area contributed by atoms with Crippen molar-refractivity contribution in [2.45, 2.75) is 6.92 Å². The molecule has 0 fully saturated rings. The first-order valence-electron chi connectivity index (χ1n) is 5.94. The maximum absolute atomic E-state index is 5.63. The average Bonchev–Trinajstić information content (AvgIpc) is 2.37. The lowest BCUT2D eigenvalue weighted by atomic mass is 10.2. The molecule has 0 spiro atoms. The number of hydrogen-bond acceptors (Lipinski definition) is 5. The van der Waals surface area contributed by atoms with Crippen LogP contribution in [-0.4, -0.2) is 15.0 Å². The predicted molar refractivity (Wildman–Crippen MR) is 76.2 cm³/mol. The highest BCUT2D eigenvalue weighted by molar-refractivity contribution is 5.82. The Morgan fingerprint density at radius 1 is 1.11 bits per heavy atom. The number of nitrogens with two attached hydrogens (primary N) is 1. The zero-order valence-corrected chi connectivity index (χ0v) is 10.5. The molecule has 19 heavy (non-hydrogen) atoms. The molecule has 2 heterocycles. The van der Waals surface area contributed by atoms with Crippen molar-refractivity contribution in [1.29, 1.82) is 0 Å². The van der Waals surface area contributed by atoms with Crippen LogP contribution in [-0.2, 0) is 0 Å². The summed E-state index contributed by atoms with van der Waals surface area (Å²) in [6.45, 7) is 1.88. The van der Waals surface area contributed by atoms with E-state index in [0.29, 0.717) is 5.82 Å². The molecule has 0 saturated carbocycles. The van der Waals surface area contributed by atoms with Crippen LogP contribution in [0.2, 0.25) is 0 Å². The molecule has 0 aliphatic rings. The number of aromatic nitrogens is 3. The van der Waals surface area contributed by atoms with Crippen molar-refractivity contribution < 1.29 is 0 Å². The molecule has 3 rings (SSSR count). The number of anilines is 3. The van der Waals surface area contributed by atoms with Crippen LogP contribution in [0.1, 0.15) is 5.69 Å². The molecular formula is C14H13N5. The van der Waals surface area contributed by atoms with Crippen LogP contribution >= 0.6 is 0 Å². The van der Waals surface area contributed by atoms with Crippen molar-refractivity contribution in [2.24, 2.45) is 0 Å². The largest absolute Gasteiger partial charge is 0.368 e. The molecule has 0 amide bonds. The molecule has 3 aromatic rings. The Kier molecular flexibility index (Phi) is 2.72. The number of aryl methyl sites for hydroxylation is 1. The van der Waals surface area contributed by atoms with E-state index in [0.717, 1.165) is 22.3 Å². The maximum atomic E-state index is 5.63. The van der Waals surface area contributed by atoms with Crippen LogP contribution < -0.4 is 11.1 Å². The lowest BCUT2D eigenvalue weighted by Crippen LogP contribution is -2.01. The molecule has 0 aliphatic heterocycles. The van der Waals surface area contributed by atoms with Crippen molar-refractivity contribution in [3.63, 3.8) is 0 Å². The molecule has 0 unspecified atom stereocenters. The van der Waals surface area contributed by atoms with E-state index in [1.165, 1.54) is 0 Å². The minimum absolute atomic E-state index is 0.260. The minimum atomic E-state index is 0.260. The van der Waals surface area contributed by atoms with Crippen molar-refractivity contribution in [2.75, 3.05) is 11.1 Å². The third-order valence-electron chi connectivity index (χ3n) is 2.73. The van der Waals surface area contributed by atoms with Crippen molar-refractivity contribution in [1.82, 2.24) is 15.0 Å². The summed E-state index contributed by atoms with van der Waals surface area (Å²) < 4.78 is 0. The van der Waals surface area contributed by atoms with Crippen LogP contribution in [0.3, 0.4) is 0 Å². The van der Waals surface area contributed by atoms with Gasteiger partial charge in [0.1, 0.15) is 5.82 Å². The van der Waals surface area contributed by atoms with Gasteiger partial charge < -0.3 is 11.1 Å². The quantitative estimate of drug-likeness (QED) is 0.732. The molecule has 94 valence electrons. The van der Waals surface area contributed by atoms with E-state index >= 15 is 0 Å². The minimum Gasteiger partial charge on any atom is -0.368 e. The van der Waals surface area contributed by atoms with E-state index in [2.05, 4.69) is 20.3 Å². The van der Waals surface area contributed by atoms with Crippen LogP contribution in [0.15, 0.2) is 42.6 Å². The summed E-state index contributed by atoms with van der Waals surface area (Å²) >= 11 is 0. The highest BCUT2D eigenvalue weighted by atomic mass is 15.1. The Morgan fingerprint density at radius 2 is 1.95 bits per heavy atom. The van der Waals surface area contributed by atoms with Gasteiger partial charge in [0, 0.05) is 17.1 Å². The molecule has 2 aromatic heterocycles. The first kappa shape index (κ1) is 11.4. The number of nitrogen functional groups attached to an aromatic ring is 1. The van der Waals surface area contributed by atoms with Crippen LogP contribution in [0.25, 0.3) is 10.9 Å². The van der Waals surface area contributed by atoms with Gasteiger partial charge in [-0.05, 0) is 19.1 Å². The summed E-state index contributed by atoms with van der Waals surface area (Å²) in [5.41, 5.74) is 8.28. The van der Waals surface area contributed by atoms with Gasteiger partial charge in [0.15, 0.2) is 0 Å². The van der Waals surface area contributed by atoms with Gasteiger partial charge in [0.25, 0.3) is 0 Å². The number of pyridine rings is 1. The van der Waals surface area contributed by atoms with Gasteiger partial charge in [0.2, 0.25) is 5.95 Å². The van der Waals surface area contributed by atoms with Crippen LogP contribution in [0, 0.1) is 6.92 Å². The zero-order chi connectivity index (χ0) is 13.2. The Hall–Kier alpha value is -2.69. The standard InChI is InChI=1S/C14H13N5/c1-9-6-13(19-14(15)17-9)18-11-7-10-4-2-3-5-12(10)16-8-11/h2-8H,1H3,(H3,15,17,18,19). The number of hydrogen-bond donors (Lipinski definition) is 2. The van der Waals surface area contributed by atoms with Crippen LogP contribution in [0.4, 0.5) is 17.5 Å². The highest BCUT2D eigenvalue weighted by Gasteiger charge is 2.01. The third kappa shape index (κ3) is 2.44. The maximum Gasteiger partial charge on any atom is 0.222 e. The number of para-hydroxylation sites is 1. The molecule has 0 saturated heterocycles. The van der Waals surface area contributed by atoms with Crippen molar-refractivity contribution in [3.05, 3.63) is 48.3 Å². The zero-order valence-electron chi connectivity index (χ0n) is 10.5. The normalized spacial score (nSPS) is 10.6. The third-order valence-corrected chi connectivity index (χ3v) is 2.73. The van der Waals surface area contributed by atoms with E-state index in [9.17, 15) is 0 Å². The molecule has 0 bridgehead atoms. The van der Waals surface area contributed by atoms with E-state index in [1.807, 2.05) is 43.3 Å². The van der Waals surface area contributed by atoms with Gasteiger partial charge in [-0.3, -0.25) is 4.98 Å². The number of benzene rings is 1. The van der Waals surface area contributed by atoms with E-state index in [1.54, 1.807) is 6.20 Å². The van der Waals surface area contributed by atoms with E-state index < -0.39 is 0 Å². The van der Waals surface area contributed by atoms with Gasteiger partial charge in [0.05, 0.1) is 17.4 Å². The fourth-order valence-electron chi connectivity index (χ4n) is 1.94. The lowest BCUT2D eigenvalue weighted by Gasteiger charge is -2.07. The summed E-state index contributed by atoms with van der Waals surface area (Å²) in [7, 11) is 0. The van der Waals surface area contributed by atoms with Gasteiger partial charge >= 0.3 is 0 Å². The molecular weight excluding hydrogens is 238 g/mol. The molecule has 0 aliphatic carbocycles. The first-order valence-corrected chi connectivity index (χ1v) is 5.94. The predicted octanol–water partition coefficient (Wildman–Crippen LogP) is 2.66. The van der Waals surface area contributed by atoms with Gasteiger partial charge in [-0.1, -0.05) is 18.2 Å². The highest BCUT2D eigenvalue weighted by Crippen LogP contribution is 2.19. The monoisotopic (exact) mass is 251 g/mol. The first-order chi connectivity index (χ1) is 9.20. The summed E-state index contributed by atoms with van der Waals surface area (Å²) in [6.07, 6.45) is 1.77. The summed E-state index contributed by atoms with van der Waals surface area (Å²) in [6, 6.07) is 11.8. The Bertz CT molecular complexity index is 718. The Morgan fingerprint density at radius 3 is 2.79 bits per heavy atom.